The van der Waals surface area contributed by atoms with Crippen molar-refractivity contribution in [2.45, 2.75) is 13.5 Å². The van der Waals surface area contributed by atoms with Gasteiger partial charge in [0, 0.05) is 32.2 Å². The Balaban J connectivity index is 1.69. The van der Waals surface area contributed by atoms with Crippen LogP contribution < -0.4 is 9.64 Å². The molecule has 1 aliphatic heterocycles. The number of rotatable bonds is 5. The van der Waals surface area contributed by atoms with Gasteiger partial charge in [-0.3, -0.25) is 20.1 Å². The first-order chi connectivity index (χ1) is 12.0. The first-order valence-electron chi connectivity index (χ1n) is 7.85. The van der Waals surface area contributed by atoms with Crippen LogP contribution in [0.3, 0.4) is 0 Å². The van der Waals surface area contributed by atoms with Gasteiger partial charge in [-0.25, -0.2) is 9.37 Å². The molecule has 0 bridgehead atoms. The highest BCUT2D eigenvalue weighted by molar-refractivity contribution is 5.60. The van der Waals surface area contributed by atoms with Gasteiger partial charge < -0.3 is 9.64 Å². The highest BCUT2D eigenvalue weighted by Gasteiger charge is 2.25. The van der Waals surface area contributed by atoms with Crippen molar-refractivity contribution in [2.24, 2.45) is 0 Å². The van der Waals surface area contributed by atoms with E-state index >= 15 is 0 Å². The number of nitrogens with zero attached hydrogens (tertiary/aromatic N) is 5. The number of halogens is 1. The number of aromatic amines is 1. The lowest BCUT2D eigenvalue weighted by atomic mass is 10.2. The summed E-state index contributed by atoms with van der Waals surface area (Å²) >= 11 is 0. The molecule has 1 aromatic carbocycles. The number of piperazine rings is 1. The van der Waals surface area contributed by atoms with E-state index in [9.17, 15) is 14.5 Å². The first-order valence-corrected chi connectivity index (χ1v) is 7.85. The maximum absolute atomic E-state index is 14.3. The zero-order valence-electron chi connectivity index (χ0n) is 14.0. The fourth-order valence-corrected chi connectivity index (χ4v) is 2.89. The summed E-state index contributed by atoms with van der Waals surface area (Å²) in [7, 11) is 1.33. The number of anilines is 1. The van der Waals surface area contributed by atoms with E-state index in [2.05, 4.69) is 20.1 Å². The first kappa shape index (κ1) is 17.1. The minimum Gasteiger partial charge on any atom is -0.490 e. The standard InChI is InChI=1S/C15H19FN6O3/c1-10-17-15(19-18-10)9-20-3-5-21(6-4-20)12-8-14(25-2)13(22(23)24)7-11(12)16/h7-8H,3-6,9H2,1-2H3,(H,17,18,19). The average Bonchev–Trinajstić information content (AvgIpc) is 3.00. The van der Waals surface area contributed by atoms with E-state index < -0.39 is 10.7 Å². The predicted molar refractivity (Wildman–Crippen MR) is 88.2 cm³/mol. The number of nitrogens with one attached hydrogen (secondary N) is 1. The Labute approximate surface area is 143 Å². The molecule has 134 valence electrons. The van der Waals surface area contributed by atoms with E-state index in [-0.39, 0.29) is 11.4 Å². The molecule has 1 aromatic heterocycles. The molecule has 1 fully saturated rings. The summed E-state index contributed by atoms with van der Waals surface area (Å²) in [6.45, 7) is 5.10. The zero-order valence-corrected chi connectivity index (χ0v) is 14.0. The zero-order chi connectivity index (χ0) is 18.0. The maximum Gasteiger partial charge on any atom is 0.313 e. The Bertz CT molecular complexity index is 773. The van der Waals surface area contributed by atoms with Crippen LogP contribution in [0.25, 0.3) is 0 Å². The van der Waals surface area contributed by atoms with Gasteiger partial charge in [0.2, 0.25) is 0 Å². The van der Waals surface area contributed by atoms with Crippen LogP contribution in [0.5, 0.6) is 5.75 Å². The number of ether oxygens (including phenoxy) is 1. The average molecular weight is 350 g/mol. The summed E-state index contributed by atoms with van der Waals surface area (Å²) < 4.78 is 19.3. The molecule has 3 rings (SSSR count). The Kier molecular flexibility index (Phi) is 4.79. The number of nitro groups is 1. The molecule has 0 aliphatic carbocycles. The van der Waals surface area contributed by atoms with Gasteiger partial charge in [-0.2, -0.15) is 5.10 Å². The van der Waals surface area contributed by atoms with Crippen molar-refractivity contribution in [2.75, 3.05) is 38.2 Å². The molecule has 25 heavy (non-hydrogen) atoms. The SMILES string of the molecule is COc1cc(N2CCN(Cc3n[nH]c(C)n3)CC2)c(F)cc1[N+](=O)[O-]. The fourth-order valence-electron chi connectivity index (χ4n) is 2.89. The lowest BCUT2D eigenvalue weighted by Gasteiger charge is -2.35. The minimum absolute atomic E-state index is 0.0556. The molecule has 2 heterocycles. The van der Waals surface area contributed by atoms with Crippen LogP contribution >= 0.6 is 0 Å². The van der Waals surface area contributed by atoms with Gasteiger partial charge in [0.15, 0.2) is 17.4 Å². The Morgan fingerprint density at radius 3 is 2.64 bits per heavy atom. The Morgan fingerprint density at radius 1 is 1.36 bits per heavy atom. The van der Waals surface area contributed by atoms with Crippen LogP contribution in [-0.2, 0) is 6.54 Å². The van der Waals surface area contributed by atoms with E-state index in [1.165, 1.54) is 13.2 Å². The highest BCUT2D eigenvalue weighted by atomic mass is 19.1. The van der Waals surface area contributed by atoms with E-state index in [0.717, 1.165) is 17.7 Å². The summed E-state index contributed by atoms with van der Waals surface area (Å²) in [5.74, 6) is 0.938. The van der Waals surface area contributed by atoms with Crippen molar-refractivity contribution in [3.8, 4) is 5.75 Å². The summed E-state index contributed by atoms with van der Waals surface area (Å²) in [6.07, 6.45) is 0. The molecule has 0 radical (unpaired) electrons. The molecule has 1 N–H and O–H groups in total. The molecule has 10 heteroatoms. The van der Waals surface area contributed by atoms with Crippen LogP contribution in [-0.4, -0.2) is 58.3 Å². The normalized spacial score (nSPS) is 15.4. The molecule has 0 atom stereocenters. The number of hydrogen-bond donors (Lipinski definition) is 1. The van der Waals surface area contributed by atoms with Gasteiger partial charge in [0.25, 0.3) is 0 Å². The smallest absolute Gasteiger partial charge is 0.313 e. The number of nitro benzene ring substituents is 1. The highest BCUT2D eigenvalue weighted by Crippen LogP contribution is 2.34. The third kappa shape index (κ3) is 3.68. The third-order valence-electron chi connectivity index (χ3n) is 4.17. The molecular weight excluding hydrogens is 331 g/mol. The van der Waals surface area contributed by atoms with Crippen molar-refractivity contribution in [1.82, 2.24) is 20.1 Å². The molecule has 0 unspecified atom stereocenters. The molecule has 0 saturated carbocycles. The van der Waals surface area contributed by atoms with Gasteiger partial charge in [0.1, 0.15) is 5.82 Å². The topological polar surface area (TPSA) is 100 Å². The van der Waals surface area contributed by atoms with Crippen LogP contribution in [0.4, 0.5) is 15.8 Å². The Hall–Kier alpha value is -2.75. The summed E-state index contributed by atoms with van der Waals surface area (Å²) in [4.78, 5) is 18.6. The fraction of sp³-hybridized carbons (Fsp3) is 0.467. The largest absolute Gasteiger partial charge is 0.490 e. The second-order valence-corrected chi connectivity index (χ2v) is 5.83. The van der Waals surface area contributed by atoms with Gasteiger partial charge in [-0.1, -0.05) is 0 Å². The van der Waals surface area contributed by atoms with Gasteiger partial charge in [0.05, 0.1) is 30.3 Å². The second kappa shape index (κ2) is 7.01. The number of aromatic nitrogens is 3. The summed E-state index contributed by atoms with van der Waals surface area (Å²) in [6, 6.07) is 2.30. The van der Waals surface area contributed by atoms with Crippen LogP contribution in [0.15, 0.2) is 12.1 Å². The van der Waals surface area contributed by atoms with E-state index in [1.54, 1.807) is 0 Å². The van der Waals surface area contributed by atoms with Crippen LogP contribution in [0.2, 0.25) is 0 Å². The van der Waals surface area contributed by atoms with Gasteiger partial charge in [-0.15, -0.1) is 0 Å². The predicted octanol–water partition coefficient (Wildman–Crippen LogP) is 1.49. The molecule has 2 aromatic rings. The van der Waals surface area contributed by atoms with E-state index in [1.807, 2.05) is 11.8 Å². The van der Waals surface area contributed by atoms with Gasteiger partial charge in [-0.05, 0) is 6.92 Å². The Morgan fingerprint density at radius 2 is 2.08 bits per heavy atom. The molecule has 0 amide bonds. The van der Waals surface area contributed by atoms with Crippen molar-refractivity contribution < 1.29 is 14.1 Å². The van der Waals surface area contributed by atoms with Crippen molar-refractivity contribution in [3.05, 3.63) is 39.7 Å². The minimum atomic E-state index is -0.650. The molecular formula is C15H19FN6O3. The number of H-pyrrole nitrogens is 1. The number of aryl methyl sites for hydroxylation is 1. The van der Waals surface area contributed by atoms with E-state index in [0.29, 0.717) is 38.4 Å². The van der Waals surface area contributed by atoms with Crippen molar-refractivity contribution >= 4 is 11.4 Å². The quantitative estimate of drug-likeness (QED) is 0.644. The molecule has 1 aliphatic rings. The van der Waals surface area contributed by atoms with Crippen molar-refractivity contribution in [1.29, 1.82) is 0 Å². The lowest BCUT2D eigenvalue weighted by molar-refractivity contribution is -0.385. The summed E-state index contributed by atoms with van der Waals surface area (Å²) in [5.41, 5.74) is -0.0572. The van der Waals surface area contributed by atoms with Crippen molar-refractivity contribution in [3.63, 3.8) is 0 Å². The molecule has 0 spiro atoms. The van der Waals surface area contributed by atoms with Crippen LogP contribution in [0, 0.1) is 22.9 Å². The molecule has 9 nitrogen and oxygen atoms in total. The second-order valence-electron chi connectivity index (χ2n) is 5.83. The number of methoxy groups -OCH3 is 1. The number of hydrogen-bond acceptors (Lipinski definition) is 7. The monoisotopic (exact) mass is 350 g/mol. The summed E-state index contributed by atoms with van der Waals surface area (Å²) in [5, 5.41) is 17.9. The van der Waals surface area contributed by atoms with E-state index in [4.69, 9.17) is 4.74 Å². The van der Waals surface area contributed by atoms with Crippen LogP contribution in [0.1, 0.15) is 11.6 Å². The molecule has 1 saturated heterocycles. The third-order valence-corrected chi connectivity index (χ3v) is 4.17. The maximum atomic E-state index is 14.3. The van der Waals surface area contributed by atoms with Gasteiger partial charge >= 0.3 is 5.69 Å². The number of benzene rings is 1. The lowest BCUT2D eigenvalue weighted by Crippen LogP contribution is -2.46.